The second kappa shape index (κ2) is 13.8. The highest BCUT2D eigenvalue weighted by molar-refractivity contribution is 9.11. The lowest BCUT2D eigenvalue weighted by Gasteiger charge is -2.44. The highest BCUT2D eigenvalue weighted by atomic mass is 79.9. The molecule has 1 saturated heterocycles. The van der Waals surface area contributed by atoms with Crippen molar-refractivity contribution < 1.29 is 52.3 Å². The van der Waals surface area contributed by atoms with Gasteiger partial charge in [0.25, 0.3) is 0 Å². The van der Waals surface area contributed by atoms with Crippen LogP contribution in [0.4, 0.5) is 0 Å². The van der Waals surface area contributed by atoms with Crippen molar-refractivity contribution in [2.75, 3.05) is 19.8 Å². The van der Waals surface area contributed by atoms with Gasteiger partial charge in [-0.05, 0) is 44.0 Å². The van der Waals surface area contributed by atoms with E-state index in [2.05, 4.69) is 31.9 Å². The third-order valence-electron chi connectivity index (χ3n) is 4.48. The Hall–Kier alpha value is -2.22. The molecular weight excluding hydrogens is 600 g/mol. The van der Waals surface area contributed by atoms with Crippen molar-refractivity contribution in [2.24, 2.45) is 0 Å². The molecular formula is C22H26Br2O11. The predicted molar refractivity (Wildman–Crippen MR) is 125 cm³/mol. The van der Waals surface area contributed by atoms with Gasteiger partial charge in [0.15, 0.2) is 24.6 Å². The SMILES string of the molecule is CC(=O)OCC1O[C@@H](OCCOc2c(Br)cccc2Br)[C@@H](OC(C)=O)C(OC(C)=O)[C@@H]1OC(C)=O. The summed E-state index contributed by atoms with van der Waals surface area (Å²) in [5.74, 6) is -2.20. The van der Waals surface area contributed by atoms with Crippen molar-refractivity contribution in [3.05, 3.63) is 27.1 Å². The molecule has 11 nitrogen and oxygen atoms in total. The Kier molecular flexibility index (Phi) is 11.4. The van der Waals surface area contributed by atoms with Gasteiger partial charge in [-0.3, -0.25) is 19.2 Å². The molecule has 0 spiro atoms. The molecule has 1 fully saturated rings. The fraction of sp³-hybridized carbons (Fsp3) is 0.545. The van der Waals surface area contributed by atoms with Crippen molar-refractivity contribution in [1.29, 1.82) is 0 Å². The normalized spacial score (nSPS) is 23.7. The first-order valence-electron chi connectivity index (χ1n) is 10.5. The van der Waals surface area contributed by atoms with Gasteiger partial charge >= 0.3 is 23.9 Å². The Bertz CT molecular complexity index is 902. The highest BCUT2D eigenvalue weighted by Crippen LogP contribution is 2.33. The van der Waals surface area contributed by atoms with Crippen LogP contribution in [0.2, 0.25) is 0 Å². The molecule has 194 valence electrons. The van der Waals surface area contributed by atoms with Gasteiger partial charge in [0.1, 0.15) is 25.1 Å². The van der Waals surface area contributed by atoms with Crippen LogP contribution in [-0.2, 0) is 47.6 Å². The van der Waals surface area contributed by atoms with Crippen LogP contribution in [0.1, 0.15) is 27.7 Å². The molecule has 0 amide bonds. The number of hydrogen-bond acceptors (Lipinski definition) is 11. The zero-order valence-corrected chi connectivity index (χ0v) is 22.7. The second-order valence-corrected chi connectivity index (χ2v) is 9.05. The summed E-state index contributed by atoms with van der Waals surface area (Å²) in [5.41, 5.74) is 0. The number of rotatable bonds is 10. The number of ether oxygens (including phenoxy) is 7. The van der Waals surface area contributed by atoms with Crippen LogP contribution in [0.5, 0.6) is 5.75 Å². The van der Waals surface area contributed by atoms with Crippen LogP contribution >= 0.6 is 31.9 Å². The largest absolute Gasteiger partial charge is 0.489 e. The van der Waals surface area contributed by atoms with E-state index in [-0.39, 0.29) is 19.8 Å². The van der Waals surface area contributed by atoms with E-state index in [9.17, 15) is 19.2 Å². The zero-order chi connectivity index (χ0) is 26.1. The van der Waals surface area contributed by atoms with Gasteiger partial charge < -0.3 is 33.2 Å². The van der Waals surface area contributed by atoms with E-state index in [1.807, 2.05) is 6.07 Å². The maximum absolute atomic E-state index is 11.8. The van der Waals surface area contributed by atoms with E-state index in [0.717, 1.165) is 29.7 Å². The second-order valence-electron chi connectivity index (χ2n) is 7.34. The van der Waals surface area contributed by atoms with Crippen molar-refractivity contribution in [2.45, 2.75) is 58.4 Å². The number of carbonyl (C=O) groups excluding carboxylic acids is 4. The van der Waals surface area contributed by atoms with E-state index < -0.39 is 54.6 Å². The minimum atomic E-state index is -1.29. The Morgan fingerprint density at radius 2 is 1.34 bits per heavy atom. The first kappa shape index (κ1) is 29.0. The lowest BCUT2D eigenvalue weighted by molar-refractivity contribution is -0.308. The highest BCUT2D eigenvalue weighted by Gasteiger charge is 2.52. The first-order chi connectivity index (χ1) is 16.5. The van der Waals surface area contributed by atoms with E-state index in [1.54, 1.807) is 12.1 Å². The lowest BCUT2D eigenvalue weighted by Crippen LogP contribution is -2.63. The molecule has 1 aliphatic heterocycles. The third-order valence-corrected chi connectivity index (χ3v) is 5.73. The Morgan fingerprint density at radius 1 is 0.800 bits per heavy atom. The van der Waals surface area contributed by atoms with Crippen molar-refractivity contribution in [1.82, 2.24) is 0 Å². The Labute approximate surface area is 218 Å². The number of benzene rings is 1. The molecule has 0 saturated carbocycles. The molecule has 1 aromatic carbocycles. The summed E-state index contributed by atoms with van der Waals surface area (Å²) in [7, 11) is 0. The lowest BCUT2D eigenvalue weighted by atomic mass is 9.98. The summed E-state index contributed by atoms with van der Waals surface area (Å²) < 4.78 is 39.8. The first-order valence-corrected chi connectivity index (χ1v) is 12.1. The van der Waals surface area contributed by atoms with Gasteiger partial charge in [0.05, 0.1) is 15.6 Å². The molecule has 0 aromatic heterocycles. The summed E-state index contributed by atoms with van der Waals surface area (Å²) in [5, 5.41) is 0. The van der Waals surface area contributed by atoms with Gasteiger partial charge in [-0.15, -0.1) is 0 Å². The quantitative estimate of drug-likeness (QED) is 0.216. The van der Waals surface area contributed by atoms with Gasteiger partial charge in [-0.1, -0.05) is 6.07 Å². The monoisotopic (exact) mass is 624 g/mol. The molecule has 1 heterocycles. The van der Waals surface area contributed by atoms with Gasteiger partial charge in [0, 0.05) is 27.7 Å². The van der Waals surface area contributed by atoms with Crippen LogP contribution in [0, 0.1) is 0 Å². The standard InChI is InChI=1S/C22H26Br2O11/c1-11(25)31-10-17-19(32-12(2)26)20(33-13(3)27)21(34-14(4)28)22(35-17)30-9-8-29-18-15(23)6-5-7-16(18)24/h5-7,17,19-22H,8-10H2,1-4H3/t17?,19-,20?,21+,22-/m1/s1. The van der Waals surface area contributed by atoms with Crippen LogP contribution in [0.15, 0.2) is 27.1 Å². The summed E-state index contributed by atoms with van der Waals surface area (Å²) in [6, 6.07) is 5.44. The van der Waals surface area contributed by atoms with Crippen LogP contribution < -0.4 is 4.74 Å². The summed E-state index contributed by atoms with van der Waals surface area (Å²) in [6.07, 6.45) is -6.17. The molecule has 0 aliphatic carbocycles. The summed E-state index contributed by atoms with van der Waals surface area (Å²) in [6.45, 7) is 4.36. The molecule has 2 rings (SSSR count). The average Bonchev–Trinajstić information content (AvgIpc) is 2.74. The van der Waals surface area contributed by atoms with Crippen LogP contribution in [0.3, 0.4) is 0 Å². The number of esters is 4. The zero-order valence-electron chi connectivity index (χ0n) is 19.5. The predicted octanol–water partition coefficient (Wildman–Crippen LogP) is 2.69. The number of halogens is 2. The summed E-state index contributed by atoms with van der Waals surface area (Å²) in [4.78, 5) is 46.8. The third kappa shape index (κ3) is 9.06. The fourth-order valence-electron chi connectivity index (χ4n) is 3.25. The average molecular weight is 626 g/mol. The molecule has 1 aliphatic rings. The molecule has 0 N–H and O–H groups in total. The van der Waals surface area contributed by atoms with E-state index in [1.165, 1.54) is 6.92 Å². The number of para-hydroxylation sites is 1. The van der Waals surface area contributed by atoms with Gasteiger partial charge in [-0.25, -0.2) is 0 Å². The molecule has 0 bridgehead atoms. The molecule has 35 heavy (non-hydrogen) atoms. The van der Waals surface area contributed by atoms with Gasteiger partial charge in [-0.2, -0.15) is 0 Å². The summed E-state index contributed by atoms with van der Waals surface area (Å²) >= 11 is 6.79. The van der Waals surface area contributed by atoms with E-state index in [4.69, 9.17) is 33.2 Å². The van der Waals surface area contributed by atoms with Crippen molar-refractivity contribution in [3.63, 3.8) is 0 Å². The minimum Gasteiger partial charge on any atom is -0.489 e. The van der Waals surface area contributed by atoms with Crippen LogP contribution in [0.25, 0.3) is 0 Å². The molecule has 2 unspecified atom stereocenters. The van der Waals surface area contributed by atoms with E-state index in [0.29, 0.717) is 5.75 Å². The van der Waals surface area contributed by atoms with Crippen molar-refractivity contribution >= 4 is 55.7 Å². The number of carbonyl (C=O) groups is 4. The minimum absolute atomic E-state index is 0.0263. The van der Waals surface area contributed by atoms with E-state index >= 15 is 0 Å². The molecule has 1 aromatic rings. The Morgan fingerprint density at radius 3 is 1.89 bits per heavy atom. The Balaban J connectivity index is 2.24. The molecule has 5 atom stereocenters. The maximum Gasteiger partial charge on any atom is 0.303 e. The topological polar surface area (TPSA) is 133 Å². The van der Waals surface area contributed by atoms with Crippen LogP contribution in [-0.4, -0.2) is 74.4 Å². The van der Waals surface area contributed by atoms with Gasteiger partial charge in [0.2, 0.25) is 0 Å². The fourth-order valence-corrected chi connectivity index (χ4v) is 4.48. The smallest absolute Gasteiger partial charge is 0.303 e. The molecule has 0 radical (unpaired) electrons. The number of hydrogen-bond donors (Lipinski definition) is 0. The molecule has 13 heteroatoms. The maximum atomic E-state index is 11.8. The van der Waals surface area contributed by atoms with Crippen molar-refractivity contribution in [3.8, 4) is 5.75 Å².